The Kier molecular flexibility index (Phi) is 6.35. The number of hydrogen-bond donors (Lipinski definition) is 5. The first kappa shape index (κ1) is 19.5. The molecule has 1 heterocycles. The number of carboxylic acids is 2. The van der Waals surface area contributed by atoms with Gasteiger partial charge in [0.05, 0.1) is 0 Å². The van der Waals surface area contributed by atoms with Gasteiger partial charge in [0.1, 0.15) is 0 Å². The molecule has 1 atom stereocenters. The van der Waals surface area contributed by atoms with E-state index in [1.165, 1.54) is 23.1 Å². The zero-order valence-electron chi connectivity index (χ0n) is 14.7. The van der Waals surface area contributed by atoms with Gasteiger partial charge in [-0.25, -0.2) is 9.59 Å². The quantitative estimate of drug-likeness (QED) is 0.416. The van der Waals surface area contributed by atoms with Gasteiger partial charge in [-0.05, 0) is 43.0 Å². The Labute approximate surface area is 150 Å². The number of anilines is 1. The molecule has 0 radical (unpaired) electrons. The Bertz CT molecular complexity index is 801. The highest BCUT2D eigenvalue weighted by atomic mass is 16.4. The highest BCUT2D eigenvalue weighted by Crippen LogP contribution is 2.31. The van der Waals surface area contributed by atoms with Crippen molar-refractivity contribution in [2.45, 2.75) is 45.2 Å². The molecular weight excluding hydrogens is 338 g/mol. The number of amides is 1. The molecule has 1 aliphatic carbocycles. The maximum absolute atomic E-state index is 10.6. The van der Waals surface area contributed by atoms with Crippen LogP contribution >= 0.6 is 0 Å². The van der Waals surface area contributed by atoms with Crippen molar-refractivity contribution in [3.8, 4) is 0 Å². The molecule has 0 saturated heterocycles. The van der Waals surface area contributed by atoms with E-state index in [0.717, 1.165) is 30.5 Å². The average Bonchev–Trinajstić information content (AvgIpc) is 2.92. The smallest absolute Gasteiger partial charge is 0.414 e. The molecule has 0 aliphatic heterocycles. The summed E-state index contributed by atoms with van der Waals surface area (Å²) in [4.78, 5) is 32.3. The number of carbonyl (C=O) groups excluding carboxylic acids is 1. The molecule has 0 spiro atoms. The van der Waals surface area contributed by atoms with Gasteiger partial charge in [-0.15, -0.1) is 0 Å². The number of fused-ring (bicyclic) bond motifs is 3. The van der Waals surface area contributed by atoms with Crippen LogP contribution in [0.25, 0.3) is 10.9 Å². The first-order chi connectivity index (χ1) is 12.3. The summed E-state index contributed by atoms with van der Waals surface area (Å²) in [6.45, 7) is 4.38. The third-order valence-corrected chi connectivity index (χ3v) is 4.17. The molecule has 2 aromatic rings. The normalized spacial score (nSPS) is 15.7. The summed E-state index contributed by atoms with van der Waals surface area (Å²) in [5, 5.41) is 22.4. The highest BCUT2D eigenvalue weighted by Gasteiger charge is 2.22. The van der Waals surface area contributed by atoms with Gasteiger partial charge in [0, 0.05) is 34.4 Å². The monoisotopic (exact) mass is 361 g/mol. The lowest BCUT2D eigenvalue weighted by Crippen LogP contribution is -2.38. The summed E-state index contributed by atoms with van der Waals surface area (Å²) in [5.41, 5.74) is 4.77. The Balaban J connectivity index is 0.000000352. The minimum atomic E-state index is -1.82. The number of aryl methyl sites for hydroxylation is 1. The zero-order valence-corrected chi connectivity index (χ0v) is 14.7. The predicted octanol–water partition coefficient (Wildman–Crippen LogP) is 1.75. The van der Waals surface area contributed by atoms with Crippen LogP contribution in [-0.2, 0) is 27.2 Å². The Morgan fingerprint density at radius 3 is 2.54 bits per heavy atom. The number of carboxylic acid groups (broad SMARTS) is 2. The molecule has 0 bridgehead atoms. The maximum atomic E-state index is 10.6. The van der Waals surface area contributed by atoms with Crippen molar-refractivity contribution in [1.82, 2.24) is 10.3 Å². The second kappa shape index (κ2) is 8.48. The fourth-order valence-corrected chi connectivity index (χ4v) is 3.19. The van der Waals surface area contributed by atoms with Gasteiger partial charge in [0.2, 0.25) is 6.41 Å². The van der Waals surface area contributed by atoms with Gasteiger partial charge in [0.15, 0.2) is 0 Å². The summed E-state index contributed by atoms with van der Waals surface area (Å²) in [7, 11) is 0. The number of aromatic amines is 1. The molecule has 5 N–H and O–H groups in total. The second-order valence-electron chi connectivity index (χ2n) is 6.48. The van der Waals surface area contributed by atoms with Crippen LogP contribution in [0.5, 0.6) is 0 Å². The van der Waals surface area contributed by atoms with Crippen molar-refractivity contribution < 1.29 is 24.6 Å². The molecule has 1 aromatic carbocycles. The molecule has 26 heavy (non-hydrogen) atoms. The molecule has 8 nitrogen and oxygen atoms in total. The number of rotatable bonds is 4. The Morgan fingerprint density at radius 1 is 1.27 bits per heavy atom. The van der Waals surface area contributed by atoms with Crippen LogP contribution in [0.2, 0.25) is 0 Å². The SMILES string of the molecule is CC(C)NC1CCc2[nH]c3ccc(NC=O)cc3c2C1.O=C(O)C(=O)O. The van der Waals surface area contributed by atoms with E-state index >= 15 is 0 Å². The fourth-order valence-electron chi connectivity index (χ4n) is 3.19. The van der Waals surface area contributed by atoms with Gasteiger partial charge in [-0.1, -0.05) is 13.8 Å². The van der Waals surface area contributed by atoms with E-state index in [9.17, 15) is 4.79 Å². The molecule has 140 valence electrons. The molecule has 1 aliphatic rings. The van der Waals surface area contributed by atoms with E-state index in [1.54, 1.807) is 0 Å². The van der Waals surface area contributed by atoms with E-state index in [2.05, 4.69) is 35.5 Å². The molecule has 1 unspecified atom stereocenters. The first-order valence-electron chi connectivity index (χ1n) is 8.37. The average molecular weight is 361 g/mol. The second-order valence-corrected chi connectivity index (χ2v) is 6.48. The van der Waals surface area contributed by atoms with Crippen LogP contribution in [-0.4, -0.2) is 45.6 Å². The van der Waals surface area contributed by atoms with Gasteiger partial charge < -0.3 is 25.8 Å². The largest absolute Gasteiger partial charge is 0.473 e. The van der Waals surface area contributed by atoms with Crippen molar-refractivity contribution in [2.75, 3.05) is 5.32 Å². The lowest BCUT2D eigenvalue weighted by Gasteiger charge is -2.25. The minimum absolute atomic E-state index is 0.513. The summed E-state index contributed by atoms with van der Waals surface area (Å²) >= 11 is 0. The highest BCUT2D eigenvalue weighted by molar-refractivity contribution is 6.27. The van der Waals surface area contributed by atoms with Gasteiger partial charge in [0.25, 0.3) is 0 Å². The maximum Gasteiger partial charge on any atom is 0.414 e. The van der Waals surface area contributed by atoms with Crippen LogP contribution in [0, 0.1) is 0 Å². The third-order valence-electron chi connectivity index (χ3n) is 4.17. The van der Waals surface area contributed by atoms with Crippen molar-refractivity contribution in [3.05, 3.63) is 29.5 Å². The number of aromatic nitrogens is 1. The van der Waals surface area contributed by atoms with Crippen molar-refractivity contribution in [2.24, 2.45) is 0 Å². The molecule has 1 aromatic heterocycles. The van der Waals surface area contributed by atoms with Crippen LogP contribution in [0.15, 0.2) is 18.2 Å². The molecular formula is C18H23N3O5. The minimum Gasteiger partial charge on any atom is -0.473 e. The van der Waals surface area contributed by atoms with E-state index in [0.29, 0.717) is 12.1 Å². The van der Waals surface area contributed by atoms with E-state index < -0.39 is 11.9 Å². The summed E-state index contributed by atoms with van der Waals surface area (Å²) in [5.74, 6) is -3.65. The number of carbonyl (C=O) groups is 3. The first-order valence-corrected chi connectivity index (χ1v) is 8.37. The fraction of sp³-hybridized carbons (Fsp3) is 0.389. The van der Waals surface area contributed by atoms with Crippen molar-refractivity contribution in [3.63, 3.8) is 0 Å². The van der Waals surface area contributed by atoms with Crippen molar-refractivity contribution in [1.29, 1.82) is 0 Å². The topological polar surface area (TPSA) is 132 Å². The Morgan fingerprint density at radius 2 is 1.96 bits per heavy atom. The number of hydrogen-bond acceptors (Lipinski definition) is 4. The number of benzene rings is 1. The zero-order chi connectivity index (χ0) is 19.3. The lowest BCUT2D eigenvalue weighted by molar-refractivity contribution is -0.159. The summed E-state index contributed by atoms with van der Waals surface area (Å²) in [6.07, 6.45) is 4.05. The van der Waals surface area contributed by atoms with Crippen LogP contribution in [0.3, 0.4) is 0 Å². The van der Waals surface area contributed by atoms with Crippen LogP contribution in [0.4, 0.5) is 5.69 Å². The standard InChI is InChI=1S/C16H21N3O.C2H2O4/c1-10(2)18-12-4-6-16-14(8-12)13-7-11(17-9-20)3-5-15(13)19-16;3-1(4)2(5)6/h3,5,7,9-10,12,18-19H,4,6,8H2,1-2H3,(H,17,20);(H,3,4)(H,5,6). The van der Waals surface area contributed by atoms with Gasteiger partial charge in [-0.2, -0.15) is 0 Å². The number of H-pyrrole nitrogens is 1. The van der Waals surface area contributed by atoms with E-state index in [1.807, 2.05) is 12.1 Å². The number of aliphatic carboxylic acids is 2. The predicted molar refractivity (Wildman–Crippen MR) is 97.3 cm³/mol. The van der Waals surface area contributed by atoms with E-state index in [4.69, 9.17) is 19.8 Å². The molecule has 1 amide bonds. The van der Waals surface area contributed by atoms with Crippen LogP contribution in [0.1, 0.15) is 31.5 Å². The third kappa shape index (κ3) is 4.82. The molecule has 8 heteroatoms. The number of nitrogens with one attached hydrogen (secondary N) is 3. The molecule has 0 saturated carbocycles. The summed E-state index contributed by atoms with van der Waals surface area (Å²) < 4.78 is 0. The van der Waals surface area contributed by atoms with Gasteiger partial charge in [-0.3, -0.25) is 4.79 Å². The van der Waals surface area contributed by atoms with Crippen LogP contribution < -0.4 is 10.6 Å². The van der Waals surface area contributed by atoms with Gasteiger partial charge >= 0.3 is 11.9 Å². The lowest BCUT2D eigenvalue weighted by atomic mass is 9.91. The molecule has 0 fully saturated rings. The van der Waals surface area contributed by atoms with E-state index in [-0.39, 0.29) is 0 Å². The Hall–Kier alpha value is -2.87. The van der Waals surface area contributed by atoms with Crippen molar-refractivity contribution >= 4 is 34.9 Å². The molecule has 3 rings (SSSR count). The summed E-state index contributed by atoms with van der Waals surface area (Å²) in [6, 6.07) is 7.10.